The summed E-state index contributed by atoms with van der Waals surface area (Å²) in [5.74, 6) is -1.19. The number of carbonyl (C=O) groups excluding carboxylic acids is 1. The number of hydrogen-bond donors (Lipinski definition) is 0. The summed E-state index contributed by atoms with van der Waals surface area (Å²) in [6.45, 7) is 0. The van der Waals surface area contributed by atoms with Crippen molar-refractivity contribution >= 4 is 5.91 Å². The third kappa shape index (κ3) is 2.30. The van der Waals surface area contributed by atoms with Crippen LogP contribution < -0.4 is 0 Å². The SMILES string of the molecule is O=C(Cc1ccccc1)N(F)F. The lowest BCUT2D eigenvalue weighted by atomic mass is 10.1. The topological polar surface area (TPSA) is 20.3 Å². The molecular formula is C8H7F2NO. The molecule has 1 amide bonds. The van der Waals surface area contributed by atoms with E-state index < -0.39 is 11.3 Å². The molecule has 0 aliphatic heterocycles. The van der Waals surface area contributed by atoms with Crippen LogP contribution in [0, 0.1) is 0 Å². The van der Waals surface area contributed by atoms with Gasteiger partial charge >= 0.3 is 0 Å². The highest BCUT2D eigenvalue weighted by Gasteiger charge is 2.11. The molecule has 0 spiro atoms. The highest BCUT2D eigenvalue weighted by atomic mass is 19.4. The fraction of sp³-hybridized carbons (Fsp3) is 0.125. The van der Waals surface area contributed by atoms with Gasteiger partial charge in [-0.2, -0.15) is 0 Å². The number of halogens is 2. The van der Waals surface area contributed by atoms with Gasteiger partial charge in [-0.3, -0.25) is 4.79 Å². The highest BCUT2D eigenvalue weighted by molar-refractivity contribution is 5.76. The largest absolute Gasteiger partial charge is 0.288 e. The van der Waals surface area contributed by atoms with E-state index in [1.807, 2.05) is 0 Å². The van der Waals surface area contributed by atoms with Crippen LogP contribution in [0.2, 0.25) is 0 Å². The molecule has 0 saturated heterocycles. The second-order valence-corrected chi connectivity index (χ2v) is 2.29. The molecule has 64 valence electrons. The van der Waals surface area contributed by atoms with E-state index in [0.29, 0.717) is 5.56 Å². The van der Waals surface area contributed by atoms with Crippen molar-refractivity contribution < 1.29 is 13.8 Å². The molecule has 0 aromatic heterocycles. The third-order valence-electron chi connectivity index (χ3n) is 1.39. The molecule has 2 nitrogen and oxygen atoms in total. The predicted molar refractivity (Wildman–Crippen MR) is 39.2 cm³/mol. The Kier molecular flexibility index (Phi) is 2.74. The van der Waals surface area contributed by atoms with Gasteiger partial charge in [-0.05, 0) is 10.9 Å². The summed E-state index contributed by atoms with van der Waals surface area (Å²) >= 11 is 0. The van der Waals surface area contributed by atoms with E-state index in [0.717, 1.165) is 0 Å². The fourth-order valence-corrected chi connectivity index (χ4v) is 0.830. The van der Waals surface area contributed by atoms with Gasteiger partial charge in [-0.15, -0.1) is 0 Å². The van der Waals surface area contributed by atoms with Crippen LogP contribution in [-0.2, 0) is 11.2 Å². The normalized spacial score (nSPS) is 9.50. The van der Waals surface area contributed by atoms with Crippen molar-refractivity contribution in [1.82, 2.24) is 5.34 Å². The van der Waals surface area contributed by atoms with E-state index in [2.05, 4.69) is 0 Å². The van der Waals surface area contributed by atoms with Gasteiger partial charge in [-0.25, -0.2) is 0 Å². The summed E-state index contributed by atoms with van der Waals surface area (Å²) in [7, 11) is 0. The van der Waals surface area contributed by atoms with E-state index in [1.54, 1.807) is 30.3 Å². The van der Waals surface area contributed by atoms with Gasteiger partial charge in [0.15, 0.2) is 0 Å². The Hall–Kier alpha value is -1.45. The molecule has 0 N–H and O–H groups in total. The van der Waals surface area contributed by atoms with Crippen molar-refractivity contribution in [3.8, 4) is 0 Å². The number of carbonyl (C=O) groups is 1. The first-order chi connectivity index (χ1) is 5.70. The van der Waals surface area contributed by atoms with Crippen molar-refractivity contribution in [2.75, 3.05) is 0 Å². The van der Waals surface area contributed by atoms with E-state index in [4.69, 9.17) is 0 Å². The van der Waals surface area contributed by atoms with Gasteiger partial charge in [0.2, 0.25) is 0 Å². The van der Waals surface area contributed by atoms with Crippen molar-refractivity contribution in [2.24, 2.45) is 0 Å². The number of benzene rings is 1. The Bertz CT molecular complexity index is 261. The lowest BCUT2D eigenvalue weighted by Gasteiger charge is -1.99. The van der Waals surface area contributed by atoms with Gasteiger partial charge in [0.1, 0.15) is 0 Å². The van der Waals surface area contributed by atoms with E-state index in [9.17, 15) is 13.8 Å². The Balaban J connectivity index is 2.59. The molecule has 0 unspecified atom stereocenters. The molecule has 0 radical (unpaired) electrons. The van der Waals surface area contributed by atoms with Crippen LogP contribution in [0.25, 0.3) is 0 Å². The molecule has 0 bridgehead atoms. The molecule has 4 heteroatoms. The Morgan fingerprint density at radius 3 is 2.33 bits per heavy atom. The first-order valence-electron chi connectivity index (χ1n) is 3.38. The molecule has 0 aliphatic carbocycles. The number of rotatable bonds is 2. The second kappa shape index (κ2) is 3.80. The van der Waals surface area contributed by atoms with Crippen LogP contribution in [0.3, 0.4) is 0 Å². The Morgan fingerprint density at radius 2 is 1.83 bits per heavy atom. The van der Waals surface area contributed by atoms with Crippen molar-refractivity contribution in [3.05, 3.63) is 35.9 Å². The first-order valence-corrected chi connectivity index (χ1v) is 3.38. The van der Waals surface area contributed by atoms with Gasteiger partial charge in [0.25, 0.3) is 5.91 Å². The average Bonchev–Trinajstić information content (AvgIpc) is 2.06. The van der Waals surface area contributed by atoms with Gasteiger partial charge in [0.05, 0.1) is 6.42 Å². The Morgan fingerprint density at radius 1 is 1.25 bits per heavy atom. The third-order valence-corrected chi connectivity index (χ3v) is 1.39. The maximum atomic E-state index is 11.6. The molecule has 0 heterocycles. The van der Waals surface area contributed by atoms with Crippen LogP contribution in [0.15, 0.2) is 30.3 Å². The lowest BCUT2D eigenvalue weighted by Crippen LogP contribution is -2.15. The minimum Gasteiger partial charge on any atom is -0.269 e. The maximum absolute atomic E-state index is 11.6. The van der Waals surface area contributed by atoms with Crippen molar-refractivity contribution in [1.29, 1.82) is 0 Å². The van der Waals surface area contributed by atoms with Crippen LogP contribution in [-0.4, -0.2) is 11.3 Å². The summed E-state index contributed by atoms with van der Waals surface area (Å²) < 4.78 is 23.2. The zero-order valence-electron chi connectivity index (χ0n) is 6.21. The predicted octanol–water partition coefficient (Wildman–Crippen LogP) is 1.83. The Labute approximate surface area is 68.3 Å². The fourth-order valence-electron chi connectivity index (χ4n) is 0.830. The molecule has 12 heavy (non-hydrogen) atoms. The van der Waals surface area contributed by atoms with Gasteiger partial charge in [-0.1, -0.05) is 39.3 Å². The molecule has 0 aliphatic rings. The maximum Gasteiger partial charge on any atom is 0.288 e. The van der Waals surface area contributed by atoms with Crippen molar-refractivity contribution in [3.63, 3.8) is 0 Å². The van der Waals surface area contributed by atoms with Crippen LogP contribution in [0.1, 0.15) is 5.56 Å². The highest BCUT2D eigenvalue weighted by Crippen LogP contribution is 2.03. The molecule has 0 atom stereocenters. The summed E-state index contributed by atoms with van der Waals surface area (Å²) in [5.41, 5.74) is 0.586. The number of amides is 1. The molecule has 0 saturated carbocycles. The number of hydrogen-bond acceptors (Lipinski definition) is 1. The van der Waals surface area contributed by atoms with Gasteiger partial charge < -0.3 is 0 Å². The zero-order valence-corrected chi connectivity index (χ0v) is 6.21. The quantitative estimate of drug-likeness (QED) is 0.621. The summed E-state index contributed by atoms with van der Waals surface area (Å²) in [5, 5.41) is -1.40. The van der Waals surface area contributed by atoms with Gasteiger partial charge in [0, 0.05) is 0 Å². The van der Waals surface area contributed by atoms with Crippen LogP contribution >= 0.6 is 0 Å². The zero-order chi connectivity index (χ0) is 8.97. The van der Waals surface area contributed by atoms with Crippen LogP contribution in [0.4, 0.5) is 8.96 Å². The summed E-state index contributed by atoms with van der Waals surface area (Å²) in [6.07, 6.45) is -0.256. The molecule has 1 aromatic carbocycles. The molecule has 1 aromatic rings. The monoisotopic (exact) mass is 171 g/mol. The summed E-state index contributed by atoms with van der Waals surface area (Å²) in [4.78, 5) is 10.5. The minimum atomic E-state index is -1.40. The second-order valence-electron chi connectivity index (χ2n) is 2.29. The van der Waals surface area contributed by atoms with E-state index >= 15 is 0 Å². The first kappa shape index (κ1) is 8.64. The molecular weight excluding hydrogens is 164 g/mol. The standard InChI is InChI=1S/C8H7F2NO/c9-11(10)8(12)6-7-4-2-1-3-5-7/h1-5H,6H2. The number of nitrogens with zero attached hydrogens (tertiary/aromatic N) is 1. The average molecular weight is 171 g/mol. The molecule has 1 rings (SSSR count). The minimum absolute atomic E-state index is 0.256. The van der Waals surface area contributed by atoms with E-state index in [1.165, 1.54) is 0 Å². The smallest absolute Gasteiger partial charge is 0.269 e. The van der Waals surface area contributed by atoms with E-state index in [-0.39, 0.29) is 6.42 Å². The van der Waals surface area contributed by atoms with Crippen molar-refractivity contribution in [2.45, 2.75) is 6.42 Å². The lowest BCUT2D eigenvalue weighted by molar-refractivity contribution is -0.186. The summed E-state index contributed by atoms with van der Waals surface area (Å²) in [6, 6.07) is 8.41. The molecule has 0 fully saturated rings. The van der Waals surface area contributed by atoms with Crippen LogP contribution in [0.5, 0.6) is 0 Å².